The average Bonchev–Trinajstić information content (AvgIpc) is 2.46. The van der Waals surface area contributed by atoms with Gasteiger partial charge in [0.25, 0.3) is 0 Å². The lowest BCUT2D eigenvalue weighted by Gasteiger charge is -1.89. The third-order valence-corrected chi connectivity index (χ3v) is 2.49. The Kier molecular flexibility index (Phi) is 1.55. The van der Waals surface area contributed by atoms with Gasteiger partial charge in [-0.3, -0.25) is 4.79 Å². The smallest absolute Gasteiger partial charge is 0.178 e. The quantitative estimate of drug-likeness (QED) is 0.534. The van der Waals surface area contributed by atoms with E-state index in [2.05, 4.69) is 4.98 Å². The van der Waals surface area contributed by atoms with Gasteiger partial charge >= 0.3 is 0 Å². The molecule has 12 heavy (non-hydrogen) atoms. The maximum absolute atomic E-state index is 10.4. The van der Waals surface area contributed by atoms with Crippen molar-refractivity contribution >= 4 is 33.5 Å². The molecule has 2 aromatic rings. The summed E-state index contributed by atoms with van der Waals surface area (Å²) in [6.45, 7) is 0. The van der Waals surface area contributed by atoms with Crippen molar-refractivity contribution in [3.8, 4) is 0 Å². The SMILES string of the molecule is Nc1ccc2sc(C=O)nc2c1. The summed E-state index contributed by atoms with van der Waals surface area (Å²) in [6, 6.07) is 5.43. The second-order valence-corrected chi connectivity index (χ2v) is 3.46. The normalized spacial score (nSPS) is 10.3. The summed E-state index contributed by atoms with van der Waals surface area (Å²) >= 11 is 1.37. The van der Waals surface area contributed by atoms with Gasteiger partial charge < -0.3 is 5.73 Å². The molecule has 1 aromatic heterocycles. The molecule has 2 rings (SSSR count). The van der Waals surface area contributed by atoms with Gasteiger partial charge in [0.1, 0.15) is 0 Å². The van der Waals surface area contributed by atoms with Crippen LogP contribution in [-0.4, -0.2) is 11.3 Å². The maximum Gasteiger partial charge on any atom is 0.178 e. The number of hydrogen-bond acceptors (Lipinski definition) is 4. The number of hydrogen-bond donors (Lipinski definition) is 1. The molecule has 1 aromatic carbocycles. The molecule has 0 unspecified atom stereocenters. The Hall–Kier alpha value is -1.42. The molecule has 4 heteroatoms. The fourth-order valence-corrected chi connectivity index (χ4v) is 1.78. The fourth-order valence-electron chi connectivity index (χ4n) is 1.01. The third kappa shape index (κ3) is 1.06. The topological polar surface area (TPSA) is 56.0 Å². The molecule has 0 bridgehead atoms. The van der Waals surface area contributed by atoms with Crippen LogP contribution in [0.25, 0.3) is 10.2 Å². The summed E-state index contributed by atoms with van der Waals surface area (Å²) in [5.74, 6) is 0. The first kappa shape index (κ1) is 7.24. The minimum absolute atomic E-state index is 0.496. The van der Waals surface area contributed by atoms with Gasteiger partial charge in [0.2, 0.25) is 0 Å². The molecule has 0 aliphatic rings. The van der Waals surface area contributed by atoms with Gasteiger partial charge in [-0.2, -0.15) is 0 Å². The number of fused-ring (bicyclic) bond motifs is 1. The van der Waals surface area contributed by atoms with Crippen molar-refractivity contribution in [3.05, 3.63) is 23.2 Å². The molecular weight excluding hydrogens is 172 g/mol. The van der Waals surface area contributed by atoms with Gasteiger partial charge in [-0.05, 0) is 18.2 Å². The lowest BCUT2D eigenvalue weighted by molar-refractivity contribution is 0.112. The van der Waals surface area contributed by atoms with Crippen molar-refractivity contribution in [3.63, 3.8) is 0 Å². The van der Waals surface area contributed by atoms with Crippen molar-refractivity contribution in [2.45, 2.75) is 0 Å². The molecule has 0 radical (unpaired) electrons. The Balaban J connectivity index is 2.75. The van der Waals surface area contributed by atoms with Crippen molar-refractivity contribution in [1.29, 1.82) is 0 Å². The first-order valence-electron chi connectivity index (χ1n) is 3.41. The van der Waals surface area contributed by atoms with E-state index in [1.807, 2.05) is 6.07 Å². The minimum Gasteiger partial charge on any atom is -0.399 e. The molecule has 1 heterocycles. The van der Waals surface area contributed by atoms with Gasteiger partial charge in [-0.1, -0.05) is 0 Å². The molecule has 60 valence electrons. The van der Waals surface area contributed by atoms with Gasteiger partial charge in [0, 0.05) is 5.69 Å². The summed E-state index contributed by atoms with van der Waals surface area (Å²) in [5.41, 5.74) is 7.02. The number of aromatic nitrogens is 1. The highest BCUT2D eigenvalue weighted by Gasteiger charge is 2.01. The number of anilines is 1. The number of benzene rings is 1. The zero-order valence-electron chi connectivity index (χ0n) is 6.15. The van der Waals surface area contributed by atoms with Crippen LogP contribution in [0.5, 0.6) is 0 Å². The Morgan fingerprint density at radius 3 is 3.08 bits per heavy atom. The van der Waals surface area contributed by atoms with E-state index in [1.54, 1.807) is 12.1 Å². The zero-order valence-corrected chi connectivity index (χ0v) is 6.97. The zero-order chi connectivity index (χ0) is 8.55. The van der Waals surface area contributed by atoms with E-state index in [1.165, 1.54) is 11.3 Å². The summed E-state index contributed by atoms with van der Waals surface area (Å²) in [6.07, 6.45) is 0.751. The van der Waals surface area contributed by atoms with E-state index in [0.29, 0.717) is 10.7 Å². The summed E-state index contributed by atoms with van der Waals surface area (Å²) in [4.78, 5) is 14.4. The predicted octanol–water partition coefficient (Wildman–Crippen LogP) is 1.69. The number of nitrogens with zero attached hydrogens (tertiary/aromatic N) is 1. The predicted molar refractivity (Wildman–Crippen MR) is 49.4 cm³/mol. The molecule has 0 aliphatic heterocycles. The van der Waals surface area contributed by atoms with Crippen molar-refractivity contribution in [1.82, 2.24) is 4.98 Å². The molecule has 0 saturated heterocycles. The average molecular weight is 178 g/mol. The highest BCUT2D eigenvalue weighted by atomic mass is 32.1. The molecule has 0 aliphatic carbocycles. The number of rotatable bonds is 1. The highest BCUT2D eigenvalue weighted by molar-refractivity contribution is 7.20. The van der Waals surface area contributed by atoms with E-state index < -0.39 is 0 Å². The molecular formula is C8H6N2OS. The molecule has 0 fully saturated rings. The lowest BCUT2D eigenvalue weighted by atomic mass is 10.3. The van der Waals surface area contributed by atoms with Crippen LogP contribution >= 0.6 is 11.3 Å². The molecule has 2 N–H and O–H groups in total. The van der Waals surface area contributed by atoms with E-state index in [-0.39, 0.29) is 0 Å². The van der Waals surface area contributed by atoms with Gasteiger partial charge in [0.05, 0.1) is 10.2 Å². The standard InChI is InChI=1S/C8H6N2OS/c9-5-1-2-7-6(3-5)10-8(4-11)12-7/h1-4H,9H2. The number of thiazole rings is 1. The first-order valence-corrected chi connectivity index (χ1v) is 4.22. The molecule has 0 amide bonds. The van der Waals surface area contributed by atoms with Crippen molar-refractivity contribution in [2.75, 3.05) is 5.73 Å². The van der Waals surface area contributed by atoms with Crippen LogP contribution in [0.4, 0.5) is 5.69 Å². The lowest BCUT2D eigenvalue weighted by Crippen LogP contribution is -1.82. The Morgan fingerprint density at radius 1 is 1.50 bits per heavy atom. The number of aldehydes is 1. The number of carbonyl (C=O) groups excluding carboxylic acids is 1. The summed E-state index contributed by atoms with van der Waals surface area (Å²) in [7, 11) is 0. The summed E-state index contributed by atoms with van der Waals surface area (Å²) < 4.78 is 0.992. The first-order chi connectivity index (χ1) is 5.79. The summed E-state index contributed by atoms with van der Waals surface area (Å²) in [5, 5.41) is 0.496. The van der Waals surface area contributed by atoms with Crippen LogP contribution < -0.4 is 5.73 Å². The Morgan fingerprint density at radius 2 is 2.33 bits per heavy atom. The second-order valence-electron chi connectivity index (χ2n) is 2.40. The van der Waals surface area contributed by atoms with Gasteiger partial charge in [0.15, 0.2) is 11.3 Å². The van der Waals surface area contributed by atoms with Crippen LogP contribution in [0.2, 0.25) is 0 Å². The largest absolute Gasteiger partial charge is 0.399 e. The molecule has 3 nitrogen and oxygen atoms in total. The fraction of sp³-hybridized carbons (Fsp3) is 0. The van der Waals surface area contributed by atoms with Crippen LogP contribution in [0.1, 0.15) is 9.80 Å². The third-order valence-electron chi connectivity index (χ3n) is 1.53. The van der Waals surface area contributed by atoms with Crippen LogP contribution in [0.3, 0.4) is 0 Å². The minimum atomic E-state index is 0.496. The number of nitrogens with two attached hydrogens (primary N) is 1. The maximum atomic E-state index is 10.4. The second kappa shape index (κ2) is 2.57. The highest BCUT2D eigenvalue weighted by Crippen LogP contribution is 2.22. The number of nitrogen functional groups attached to an aromatic ring is 1. The molecule has 0 spiro atoms. The van der Waals surface area contributed by atoms with Crippen LogP contribution in [-0.2, 0) is 0 Å². The van der Waals surface area contributed by atoms with E-state index in [0.717, 1.165) is 16.5 Å². The van der Waals surface area contributed by atoms with Gasteiger partial charge in [-0.15, -0.1) is 11.3 Å². The van der Waals surface area contributed by atoms with E-state index in [4.69, 9.17) is 5.73 Å². The van der Waals surface area contributed by atoms with Crippen molar-refractivity contribution < 1.29 is 4.79 Å². The Labute approximate surface area is 72.8 Å². The number of carbonyl (C=O) groups is 1. The van der Waals surface area contributed by atoms with Crippen molar-refractivity contribution in [2.24, 2.45) is 0 Å². The monoisotopic (exact) mass is 178 g/mol. The van der Waals surface area contributed by atoms with E-state index >= 15 is 0 Å². The molecule has 0 saturated carbocycles. The van der Waals surface area contributed by atoms with Crippen LogP contribution in [0, 0.1) is 0 Å². The molecule has 0 atom stereocenters. The van der Waals surface area contributed by atoms with Crippen LogP contribution in [0.15, 0.2) is 18.2 Å². The Bertz CT molecular complexity index is 436. The van der Waals surface area contributed by atoms with E-state index in [9.17, 15) is 4.79 Å². The van der Waals surface area contributed by atoms with Gasteiger partial charge in [-0.25, -0.2) is 4.98 Å².